The number of carbonyl (C=O) groups is 2. The molecule has 0 saturated carbocycles. The summed E-state index contributed by atoms with van der Waals surface area (Å²) in [4.78, 5) is 27.2. The predicted octanol–water partition coefficient (Wildman–Crippen LogP) is 8.63. The van der Waals surface area contributed by atoms with Crippen molar-refractivity contribution in [2.24, 2.45) is 0 Å². The van der Waals surface area contributed by atoms with Crippen LogP contribution in [0.2, 0.25) is 0 Å². The van der Waals surface area contributed by atoms with E-state index in [-0.39, 0.29) is 17.7 Å². The van der Waals surface area contributed by atoms with E-state index in [1.807, 2.05) is 54.6 Å². The van der Waals surface area contributed by atoms with Crippen molar-refractivity contribution >= 4 is 101 Å². The third kappa shape index (κ3) is 5.66. The van der Waals surface area contributed by atoms with Crippen molar-refractivity contribution in [2.75, 3.05) is 0 Å². The number of nitrogens with zero attached hydrogens (tertiary/aromatic N) is 1. The largest absolute Gasteiger partial charge is 0.487 e. The molecule has 36 heavy (non-hydrogen) atoms. The molecule has 0 radical (unpaired) electrons. The number of thioether (sulfide) groups is 1. The molecule has 0 N–H and O–H groups in total. The second kappa shape index (κ2) is 11.2. The number of amides is 2. The number of benzene rings is 4. The van der Waals surface area contributed by atoms with Crippen LogP contribution in [0.25, 0.3) is 16.8 Å². The number of carbonyl (C=O) groups excluding carboxylic acids is 2. The average molecular weight is 782 g/mol. The van der Waals surface area contributed by atoms with Crippen LogP contribution in [0.15, 0.2) is 88.2 Å². The first-order valence-corrected chi connectivity index (χ1v) is 14.7. The second-order valence-corrected chi connectivity index (χ2v) is 12.4. The lowest BCUT2D eigenvalue weighted by molar-refractivity contribution is -0.123. The van der Waals surface area contributed by atoms with Crippen molar-refractivity contribution in [3.63, 3.8) is 0 Å². The van der Waals surface area contributed by atoms with Gasteiger partial charge in [0.2, 0.25) is 0 Å². The SMILES string of the molecule is O=C1S/C(=C\c2cc(I)c(OCc3cccc4ccccc34)c(I)c2)C(=O)N1Cc1ccc(Br)cc1. The van der Waals surface area contributed by atoms with Gasteiger partial charge in [0.15, 0.2) is 0 Å². The first kappa shape index (κ1) is 25.7. The normalized spacial score (nSPS) is 14.8. The van der Waals surface area contributed by atoms with Crippen molar-refractivity contribution in [3.8, 4) is 5.75 Å². The van der Waals surface area contributed by atoms with Gasteiger partial charge in [-0.25, -0.2) is 0 Å². The highest BCUT2D eigenvalue weighted by atomic mass is 127. The van der Waals surface area contributed by atoms with Gasteiger partial charge in [0.05, 0.1) is 18.6 Å². The third-order valence-corrected chi connectivity index (χ3v) is 8.74. The second-order valence-electron chi connectivity index (χ2n) is 8.13. The fraction of sp³-hybridized carbons (Fsp3) is 0.0714. The average Bonchev–Trinajstić information content (AvgIpc) is 3.12. The highest BCUT2D eigenvalue weighted by molar-refractivity contribution is 14.1. The molecular weight excluding hydrogens is 764 g/mol. The first-order valence-electron chi connectivity index (χ1n) is 11.0. The molecule has 1 aliphatic rings. The number of ether oxygens (including phenoxy) is 1. The molecule has 0 atom stereocenters. The third-order valence-electron chi connectivity index (χ3n) is 5.70. The van der Waals surface area contributed by atoms with Gasteiger partial charge in [-0.05, 0) is 115 Å². The number of imide groups is 1. The van der Waals surface area contributed by atoms with Crippen molar-refractivity contribution in [2.45, 2.75) is 13.2 Å². The molecule has 1 saturated heterocycles. The van der Waals surface area contributed by atoms with Crippen LogP contribution in [-0.2, 0) is 17.9 Å². The number of hydrogen-bond acceptors (Lipinski definition) is 4. The lowest BCUT2D eigenvalue weighted by atomic mass is 10.1. The Morgan fingerprint density at radius 2 is 1.61 bits per heavy atom. The zero-order chi connectivity index (χ0) is 25.2. The lowest BCUT2D eigenvalue weighted by Crippen LogP contribution is -2.27. The topological polar surface area (TPSA) is 46.6 Å². The monoisotopic (exact) mass is 781 g/mol. The Balaban J connectivity index is 1.33. The quantitative estimate of drug-likeness (QED) is 0.145. The molecule has 0 unspecified atom stereocenters. The van der Waals surface area contributed by atoms with Gasteiger partial charge in [-0.15, -0.1) is 0 Å². The minimum atomic E-state index is -0.269. The fourth-order valence-corrected chi connectivity index (χ4v) is 7.16. The maximum absolute atomic E-state index is 13.0. The number of fused-ring (bicyclic) bond motifs is 1. The highest BCUT2D eigenvalue weighted by Gasteiger charge is 2.35. The Morgan fingerprint density at radius 3 is 2.36 bits per heavy atom. The van der Waals surface area contributed by atoms with E-state index in [0.29, 0.717) is 11.5 Å². The summed E-state index contributed by atoms with van der Waals surface area (Å²) in [5.74, 6) is 0.541. The molecule has 180 valence electrons. The van der Waals surface area contributed by atoms with Crippen LogP contribution < -0.4 is 4.74 Å². The van der Waals surface area contributed by atoms with Crippen LogP contribution in [0.4, 0.5) is 4.79 Å². The van der Waals surface area contributed by atoms with E-state index in [1.165, 1.54) is 15.7 Å². The molecule has 0 spiro atoms. The van der Waals surface area contributed by atoms with E-state index in [1.54, 1.807) is 6.08 Å². The Kier molecular flexibility index (Phi) is 8.04. The van der Waals surface area contributed by atoms with Crippen LogP contribution in [0.1, 0.15) is 16.7 Å². The van der Waals surface area contributed by atoms with E-state index in [0.717, 1.165) is 45.8 Å². The zero-order valence-electron chi connectivity index (χ0n) is 18.7. The molecule has 2 amide bonds. The zero-order valence-corrected chi connectivity index (χ0v) is 25.4. The predicted molar refractivity (Wildman–Crippen MR) is 166 cm³/mol. The summed E-state index contributed by atoms with van der Waals surface area (Å²) in [5, 5.41) is 2.11. The summed E-state index contributed by atoms with van der Waals surface area (Å²) < 4.78 is 9.09. The van der Waals surface area contributed by atoms with Gasteiger partial charge in [-0.1, -0.05) is 70.5 Å². The molecule has 4 aromatic rings. The number of rotatable bonds is 6. The fourth-order valence-electron chi connectivity index (χ4n) is 3.93. The van der Waals surface area contributed by atoms with Crippen LogP contribution in [0, 0.1) is 7.14 Å². The van der Waals surface area contributed by atoms with Gasteiger partial charge in [-0.2, -0.15) is 0 Å². The molecule has 5 rings (SSSR count). The van der Waals surface area contributed by atoms with E-state index in [2.05, 4.69) is 85.4 Å². The number of halogens is 3. The van der Waals surface area contributed by atoms with Crippen LogP contribution in [0.5, 0.6) is 5.75 Å². The minimum Gasteiger partial charge on any atom is -0.487 e. The van der Waals surface area contributed by atoms with Gasteiger partial charge in [0, 0.05) is 4.47 Å². The van der Waals surface area contributed by atoms with Crippen molar-refractivity contribution in [1.82, 2.24) is 4.90 Å². The summed E-state index contributed by atoms with van der Waals surface area (Å²) in [7, 11) is 0. The molecule has 0 aliphatic carbocycles. The summed E-state index contributed by atoms with van der Waals surface area (Å²) in [5.41, 5.74) is 2.89. The van der Waals surface area contributed by atoms with E-state index >= 15 is 0 Å². The Bertz CT molecular complexity index is 1490. The summed E-state index contributed by atoms with van der Waals surface area (Å²) in [6.07, 6.45) is 1.78. The Morgan fingerprint density at radius 1 is 0.917 bits per heavy atom. The summed E-state index contributed by atoms with van der Waals surface area (Å²) in [6, 6.07) is 26.1. The van der Waals surface area contributed by atoms with E-state index in [9.17, 15) is 9.59 Å². The van der Waals surface area contributed by atoms with Gasteiger partial charge < -0.3 is 4.74 Å². The maximum atomic E-state index is 13.0. The molecule has 1 fully saturated rings. The molecule has 0 bridgehead atoms. The van der Waals surface area contributed by atoms with E-state index < -0.39 is 0 Å². The van der Waals surface area contributed by atoms with Crippen LogP contribution in [-0.4, -0.2) is 16.0 Å². The lowest BCUT2D eigenvalue weighted by Gasteiger charge is -2.13. The van der Waals surface area contributed by atoms with Crippen LogP contribution in [0.3, 0.4) is 0 Å². The Labute approximate surface area is 248 Å². The summed E-state index contributed by atoms with van der Waals surface area (Å²) >= 11 is 8.90. The molecule has 0 aromatic heterocycles. The van der Waals surface area contributed by atoms with Gasteiger partial charge in [0.1, 0.15) is 12.4 Å². The van der Waals surface area contributed by atoms with Crippen molar-refractivity contribution in [1.29, 1.82) is 0 Å². The molecule has 4 aromatic carbocycles. The van der Waals surface area contributed by atoms with Gasteiger partial charge in [-0.3, -0.25) is 14.5 Å². The number of hydrogen-bond donors (Lipinski definition) is 0. The highest BCUT2D eigenvalue weighted by Crippen LogP contribution is 2.36. The Hall–Kier alpha value is -1.89. The van der Waals surface area contributed by atoms with Crippen molar-refractivity contribution in [3.05, 3.63) is 112 Å². The first-order chi connectivity index (χ1) is 17.4. The molecule has 8 heteroatoms. The van der Waals surface area contributed by atoms with E-state index in [4.69, 9.17) is 4.74 Å². The molecule has 1 heterocycles. The molecule has 4 nitrogen and oxygen atoms in total. The minimum absolute atomic E-state index is 0.255. The van der Waals surface area contributed by atoms with Crippen molar-refractivity contribution < 1.29 is 14.3 Å². The smallest absolute Gasteiger partial charge is 0.293 e. The van der Waals surface area contributed by atoms with Crippen LogP contribution >= 0.6 is 72.9 Å². The summed E-state index contributed by atoms with van der Waals surface area (Å²) in [6.45, 7) is 0.715. The van der Waals surface area contributed by atoms with Gasteiger partial charge in [0.25, 0.3) is 11.1 Å². The van der Waals surface area contributed by atoms with Gasteiger partial charge >= 0.3 is 0 Å². The standard InChI is InChI=1S/C28H18BrI2NO3S/c29-21-10-8-17(9-11-21)15-32-27(33)25(36-28(32)34)14-18-12-23(30)26(24(31)13-18)35-16-20-6-3-5-19-4-1-2-7-22(19)20/h1-14H,15-16H2/b25-14-. The molecular formula is C28H18BrI2NO3S. The maximum Gasteiger partial charge on any atom is 0.293 e. The molecule has 1 aliphatic heterocycles.